The summed E-state index contributed by atoms with van der Waals surface area (Å²) in [5, 5.41) is 10.8. The predicted octanol–water partition coefficient (Wildman–Crippen LogP) is 6.75. The van der Waals surface area contributed by atoms with E-state index in [1.165, 1.54) is 25.7 Å². The van der Waals surface area contributed by atoms with Crippen molar-refractivity contribution >= 4 is 12.4 Å². The summed E-state index contributed by atoms with van der Waals surface area (Å²) in [7, 11) is 0. The molecule has 1 aliphatic heterocycles. The molecule has 2 aromatic rings. The number of hydrogen-bond donors (Lipinski definition) is 1. The van der Waals surface area contributed by atoms with Crippen LogP contribution in [0.4, 0.5) is 0 Å². The van der Waals surface area contributed by atoms with Gasteiger partial charge in [-0.25, -0.2) is 0 Å². The number of aromatic nitrogens is 1. The quantitative estimate of drug-likeness (QED) is 0.555. The van der Waals surface area contributed by atoms with E-state index in [9.17, 15) is 5.11 Å². The molecule has 3 nitrogen and oxygen atoms in total. The summed E-state index contributed by atoms with van der Waals surface area (Å²) in [4.78, 5) is 4.27. The van der Waals surface area contributed by atoms with Crippen LogP contribution in [-0.2, 0) is 11.0 Å². The Hall–Kier alpha value is -1.74. The number of nitrogens with zero attached hydrogens (tertiary/aromatic N) is 1. The molecule has 1 aromatic carbocycles. The smallest absolute Gasteiger partial charge is 0.132 e. The standard InChI is InChI=1S/C23H31NO2.ClH/c1-6-7-8-9-11-22(2,3)16-13-19(25)21-17-15-24-12-10-18(17)23(4,5)26-20(21)14-16;/h10,12-15,25H,6-9,11H2,1-5H3;1H. The zero-order chi connectivity index (χ0) is 18.9. The molecule has 0 bridgehead atoms. The minimum atomic E-state index is -0.443. The fourth-order valence-corrected chi connectivity index (χ4v) is 3.93. The number of fused-ring (bicyclic) bond motifs is 3. The first-order chi connectivity index (χ1) is 12.3. The van der Waals surface area contributed by atoms with Crippen LogP contribution in [0.25, 0.3) is 11.1 Å². The maximum Gasteiger partial charge on any atom is 0.132 e. The minimum Gasteiger partial charge on any atom is -0.507 e. The summed E-state index contributed by atoms with van der Waals surface area (Å²) in [6.45, 7) is 10.9. The van der Waals surface area contributed by atoms with E-state index < -0.39 is 5.60 Å². The van der Waals surface area contributed by atoms with E-state index in [1.54, 1.807) is 6.20 Å². The Morgan fingerprint density at radius 1 is 1.15 bits per heavy atom. The van der Waals surface area contributed by atoms with Gasteiger partial charge in [-0.1, -0.05) is 46.5 Å². The van der Waals surface area contributed by atoms with Gasteiger partial charge in [0.05, 0.1) is 5.56 Å². The van der Waals surface area contributed by atoms with Crippen LogP contribution in [0.15, 0.2) is 30.6 Å². The highest BCUT2D eigenvalue weighted by Gasteiger charge is 2.35. The lowest BCUT2D eigenvalue weighted by molar-refractivity contribution is 0.105. The molecule has 0 fully saturated rings. The number of rotatable bonds is 6. The van der Waals surface area contributed by atoms with Gasteiger partial charge in [-0.3, -0.25) is 4.98 Å². The summed E-state index contributed by atoms with van der Waals surface area (Å²) < 4.78 is 6.32. The molecule has 1 aromatic heterocycles. The van der Waals surface area contributed by atoms with E-state index in [0.717, 1.165) is 34.4 Å². The Balaban J connectivity index is 0.00000261. The Kier molecular flexibility index (Phi) is 6.47. The molecule has 27 heavy (non-hydrogen) atoms. The summed E-state index contributed by atoms with van der Waals surface area (Å²) in [5.74, 6) is 1.04. The highest BCUT2D eigenvalue weighted by atomic mass is 35.5. The van der Waals surface area contributed by atoms with Gasteiger partial charge < -0.3 is 9.84 Å². The van der Waals surface area contributed by atoms with Gasteiger partial charge in [-0.05, 0) is 49.4 Å². The van der Waals surface area contributed by atoms with E-state index in [4.69, 9.17) is 4.74 Å². The molecule has 2 heterocycles. The van der Waals surface area contributed by atoms with Gasteiger partial charge in [0, 0.05) is 23.5 Å². The van der Waals surface area contributed by atoms with Gasteiger partial charge in [0.15, 0.2) is 0 Å². The maximum absolute atomic E-state index is 10.8. The van der Waals surface area contributed by atoms with Crippen LogP contribution in [0, 0.1) is 0 Å². The van der Waals surface area contributed by atoms with Crippen LogP contribution in [0.1, 0.15) is 77.8 Å². The molecule has 0 radical (unpaired) electrons. The van der Waals surface area contributed by atoms with Crippen LogP contribution in [0.2, 0.25) is 0 Å². The van der Waals surface area contributed by atoms with E-state index in [0.29, 0.717) is 0 Å². The third-order valence-electron chi connectivity index (χ3n) is 5.62. The average Bonchev–Trinajstić information content (AvgIpc) is 2.58. The van der Waals surface area contributed by atoms with Crippen molar-refractivity contribution in [2.75, 3.05) is 0 Å². The third-order valence-corrected chi connectivity index (χ3v) is 5.62. The second-order valence-electron chi connectivity index (χ2n) is 8.60. The van der Waals surface area contributed by atoms with Crippen LogP contribution >= 0.6 is 12.4 Å². The number of phenols is 1. The molecular weight excluding hydrogens is 358 g/mol. The number of aromatic hydroxyl groups is 1. The third kappa shape index (κ3) is 4.24. The normalized spacial score (nSPS) is 14.6. The van der Waals surface area contributed by atoms with Crippen molar-refractivity contribution in [3.8, 4) is 22.6 Å². The second kappa shape index (κ2) is 8.10. The lowest BCUT2D eigenvalue weighted by Crippen LogP contribution is -2.30. The molecule has 4 heteroatoms. The van der Waals surface area contributed by atoms with Crippen molar-refractivity contribution < 1.29 is 9.84 Å². The van der Waals surface area contributed by atoms with Gasteiger partial charge in [0.1, 0.15) is 17.1 Å². The lowest BCUT2D eigenvalue weighted by Gasteiger charge is -2.36. The summed E-state index contributed by atoms with van der Waals surface area (Å²) >= 11 is 0. The topological polar surface area (TPSA) is 42.4 Å². The Bertz CT molecular complexity index is 799. The van der Waals surface area contributed by atoms with Crippen LogP contribution in [-0.4, -0.2) is 10.1 Å². The fourth-order valence-electron chi connectivity index (χ4n) is 3.93. The number of phenolic OH excluding ortho intramolecular Hbond substituents is 1. The number of ether oxygens (including phenoxy) is 1. The molecule has 0 saturated heterocycles. The Morgan fingerprint density at radius 2 is 1.89 bits per heavy atom. The number of pyridine rings is 1. The Labute approximate surface area is 169 Å². The lowest BCUT2D eigenvalue weighted by atomic mass is 9.78. The number of unbranched alkanes of at least 4 members (excludes halogenated alkanes) is 3. The first-order valence-corrected chi connectivity index (χ1v) is 9.77. The van der Waals surface area contributed by atoms with Crippen LogP contribution < -0.4 is 4.74 Å². The SMILES string of the molecule is CCCCCCC(C)(C)c1cc(O)c2c(c1)OC(C)(C)c1ccncc1-2.Cl. The average molecular weight is 390 g/mol. The molecule has 0 spiro atoms. The molecule has 0 atom stereocenters. The highest BCUT2D eigenvalue weighted by Crippen LogP contribution is 2.50. The predicted molar refractivity (Wildman–Crippen MR) is 114 cm³/mol. The van der Waals surface area contributed by atoms with Crippen molar-refractivity contribution in [2.45, 2.75) is 77.7 Å². The number of hydrogen-bond acceptors (Lipinski definition) is 3. The molecule has 1 N–H and O–H groups in total. The number of benzene rings is 1. The van der Waals surface area contributed by atoms with Crippen molar-refractivity contribution in [3.05, 3.63) is 41.7 Å². The summed E-state index contributed by atoms with van der Waals surface area (Å²) in [6, 6.07) is 6.01. The van der Waals surface area contributed by atoms with E-state index in [-0.39, 0.29) is 23.6 Å². The minimum absolute atomic E-state index is 0. The van der Waals surface area contributed by atoms with Gasteiger partial charge in [0.25, 0.3) is 0 Å². The van der Waals surface area contributed by atoms with Crippen molar-refractivity contribution in [1.82, 2.24) is 4.98 Å². The van der Waals surface area contributed by atoms with Gasteiger partial charge in [0.2, 0.25) is 0 Å². The fraction of sp³-hybridized carbons (Fsp3) is 0.522. The summed E-state index contributed by atoms with van der Waals surface area (Å²) in [5.41, 5.74) is 3.47. The second-order valence-corrected chi connectivity index (χ2v) is 8.60. The van der Waals surface area contributed by atoms with Crippen molar-refractivity contribution in [1.29, 1.82) is 0 Å². The Morgan fingerprint density at radius 3 is 2.59 bits per heavy atom. The van der Waals surface area contributed by atoms with E-state index in [2.05, 4.69) is 45.7 Å². The van der Waals surface area contributed by atoms with E-state index in [1.807, 2.05) is 18.3 Å². The zero-order valence-electron chi connectivity index (χ0n) is 17.1. The van der Waals surface area contributed by atoms with Crippen LogP contribution in [0.5, 0.6) is 11.5 Å². The van der Waals surface area contributed by atoms with Crippen molar-refractivity contribution in [3.63, 3.8) is 0 Å². The largest absolute Gasteiger partial charge is 0.507 e. The summed E-state index contributed by atoms with van der Waals surface area (Å²) in [6.07, 6.45) is 9.71. The van der Waals surface area contributed by atoms with E-state index >= 15 is 0 Å². The first-order valence-electron chi connectivity index (χ1n) is 9.77. The number of halogens is 1. The van der Waals surface area contributed by atoms with Gasteiger partial charge in [-0.15, -0.1) is 12.4 Å². The molecule has 0 aliphatic carbocycles. The van der Waals surface area contributed by atoms with Crippen LogP contribution in [0.3, 0.4) is 0 Å². The molecule has 0 saturated carbocycles. The first kappa shape index (κ1) is 21.6. The van der Waals surface area contributed by atoms with Gasteiger partial charge >= 0.3 is 0 Å². The molecule has 3 rings (SSSR count). The highest BCUT2D eigenvalue weighted by molar-refractivity contribution is 5.85. The molecule has 0 amide bonds. The molecule has 1 aliphatic rings. The monoisotopic (exact) mass is 389 g/mol. The zero-order valence-corrected chi connectivity index (χ0v) is 17.9. The van der Waals surface area contributed by atoms with Crippen molar-refractivity contribution in [2.24, 2.45) is 0 Å². The molecular formula is C23H32ClNO2. The molecule has 148 valence electrons. The van der Waals surface area contributed by atoms with Gasteiger partial charge in [-0.2, -0.15) is 0 Å². The maximum atomic E-state index is 10.8. The molecule has 0 unspecified atom stereocenters.